The van der Waals surface area contributed by atoms with E-state index in [0.29, 0.717) is 6.54 Å². The Morgan fingerprint density at radius 2 is 1.94 bits per heavy atom. The van der Waals surface area contributed by atoms with Crippen LogP contribution in [0.2, 0.25) is 0 Å². The molecular weight excluding hydrogens is 222 g/mol. The Morgan fingerprint density at radius 3 is 2.50 bits per heavy atom. The highest BCUT2D eigenvalue weighted by Gasteiger charge is 2.08. The van der Waals surface area contributed by atoms with Gasteiger partial charge >= 0.3 is 0 Å². The van der Waals surface area contributed by atoms with Crippen LogP contribution in [0.1, 0.15) is 24.1 Å². The van der Waals surface area contributed by atoms with E-state index in [0.717, 1.165) is 0 Å². The monoisotopic (exact) mass is 241 g/mol. The SMILES string of the molecule is Cc1ccccc1C(C)NCCS(C)(=O)=O. The Bertz CT molecular complexity index is 440. The maximum atomic E-state index is 11.0. The summed E-state index contributed by atoms with van der Waals surface area (Å²) in [4.78, 5) is 0. The molecule has 0 saturated carbocycles. The third-order valence-corrected chi connectivity index (χ3v) is 3.52. The number of hydrogen-bond acceptors (Lipinski definition) is 3. The van der Waals surface area contributed by atoms with Crippen molar-refractivity contribution in [1.82, 2.24) is 5.32 Å². The van der Waals surface area contributed by atoms with Gasteiger partial charge in [-0.05, 0) is 25.0 Å². The van der Waals surface area contributed by atoms with Crippen molar-refractivity contribution in [3.8, 4) is 0 Å². The quantitative estimate of drug-likeness (QED) is 0.853. The molecule has 0 aliphatic heterocycles. The molecule has 0 heterocycles. The minimum absolute atomic E-state index is 0.183. The van der Waals surface area contributed by atoms with Gasteiger partial charge in [0.25, 0.3) is 0 Å². The first-order chi connectivity index (χ1) is 7.40. The Kier molecular flexibility index (Phi) is 4.50. The van der Waals surface area contributed by atoms with Crippen LogP contribution < -0.4 is 5.32 Å². The summed E-state index contributed by atoms with van der Waals surface area (Å²) in [6.07, 6.45) is 1.26. The van der Waals surface area contributed by atoms with Crippen LogP contribution in [-0.4, -0.2) is 27.0 Å². The van der Waals surface area contributed by atoms with Crippen molar-refractivity contribution >= 4 is 9.84 Å². The van der Waals surface area contributed by atoms with Crippen molar-refractivity contribution in [2.45, 2.75) is 19.9 Å². The van der Waals surface area contributed by atoms with Gasteiger partial charge in [-0.3, -0.25) is 0 Å². The zero-order chi connectivity index (χ0) is 12.2. The number of hydrogen-bond donors (Lipinski definition) is 1. The van der Waals surface area contributed by atoms with Gasteiger partial charge < -0.3 is 5.32 Å². The fourth-order valence-corrected chi connectivity index (χ4v) is 2.13. The van der Waals surface area contributed by atoms with E-state index in [1.807, 2.05) is 19.1 Å². The van der Waals surface area contributed by atoms with Crippen molar-refractivity contribution in [1.29, 1.82) is 0 Å². The van der Waals surface area contributed by atoms with Crippen molar-refractivity contribution in [2.75, 3.05) is 18.6 Å². The van der Waals surface area contributed by atoms with Crippen LogP contribution in [0.4, 0.5) is 0 Å². The van der Waals surface area contributed by atoms with Crippen LogP contribution in [-0.2, 0) is 9.84 Å². The summed E-state index contributed by atoms with van der Waals surface area (Å²) in [7, 11) is -2.87. The summed E-state index contributed by atoms with van der Waals surface area (Å²) in [6.45, 7) is 4.60. The molecular formula is C12H19NO2S. The highest BCUT2D eigenvalue weighted by molar-refractivity contribution is 7.90. The molecule has 0 aromatic heterocycles. The fraction of sp³-hybridized carbons (Fsp3) is 0.500. The van der Waals surface area contributed by atoms with Gasteiger partial charge in [0, 0.05) is 18.8 Å². The molecule has 0 radical (unpaired) electrons. The predicted molar refractivity (Wildman–Crippen MR) is 67.3 cm³/mol. The van der Waals surface area contributed by atoms with Gasteiger partial charge in [-0.15, -0.1) is 0 Å². The second-order valence-corrected chi connectivity index (χ2v) is 6.42. The smallest absolute Gasteiger partial charge is 0.148 e. The lowest BCUT2D eigenvalue weighted by atomic mass is 10.0. The summed E-state index contributed by atoms with van der Waals surface area (Å²) in [5, 5.41) is 3.22. The van der Waals surface area contributed by atoms with E-state index in [1.165, 1.54) is 17.4 Å². The van der Waals surface area contributed by atoms with Crippen molar-refractivity contribution in [3.63, 3.8) is 0 Å². The second-order valence-electron chi connectivity index (χ2n) is 4.16. The first kappa shape index (κ1) is 13.2. The fourth-order valence-electron chi connectivity index (χ4n) is 1.64. The molecule has 1 aromatic carbocycles. The number of rotatable bonds is 5. The minimum Gasteiger partial charge on any atom is -0.309 e. The lowest BCUT2D eigenvalue weighted by molar-refractivity contribution is 0.574. The zero-order valence-corrected chi connectivity index (χ0v) is 10.8. The van der Waals surface area contributed by atoms with Gasteiger partial charge in [0.1, 0.15) is 9.84 Å². The maximum Gasteiger partial charge on any atom is 0.148 e. The minimum atomic E-state index is -2.87. The van der Waals surface area contributed by atoms with Gasteiger partial charge in [-0.1, -0.05) is 24.3 Å². The Balaban J connectivity index is 2.54. The van der Waals surface area contributed by atoms with E-state index in [2.05, 4.69) is 24.4 Å². The summed E-state index contributed by atoms with van der Waals surface area (Å²) < 4.78 is 22.0. The number of aryl methyl sites for hydroxylation is 1. The van der Waals surface area contributed by atoms with Gasteiger partial charge in [0.15, 0.2) is 0 Å². The molecule has 0 amide bonds. The van der Waals surface area contributed by atoms with E-state index in [4.69, 9.17) is 0 Å². The van der Waals surface area contributed by atoms with E-state index >= 15 is 0 Å². The molecule has 16 heavy (non-hydrogen) atoms. The number of nitrogens with one attached hydrogen (secondary N) is 1. The third-order valence-electron chi connectivity index (χ3n) is 2.58. The van der Waals surface area contributed by atoms with Crippen LogP contribution in [0.5, 0.6) is 0 Å². The van der Waals surface area contributed by atoms with Gasteiger partial charge in [-0.25, -0.2) is 8.42 Å². The van der Waals surface area contributed by atoms with Crippen LogP contribution in [0.15, 0.2) is 24.3 Å². The summed E-state index contributed by atoms with van der Waals surface area (Å²) >= 11 is 0. The molecule has 3 nitrogen and oxygen atoms in total. The molecule has 0 aliphatic rings. The Hall–Kier alpha value is -0.870. The average Bonchev–Trinajstić information content (AvgIpc) is 2.16. The van der Waals surface area contributed by atoms with Crippen molar-refractivity contribution in [2.24, 2.45) is 0 Å². The molecule has 1 rings (SSSR count). The molecule has 1 atom stereocenters. The van der Waals surface area contributed by atoms with Crippen molar-refractivity contribution < 1.29 is 8.42 Å². The second kappa shape index (κ2) is 5.46. The van der Waals surface area contributed by atoms with Crippen LogP contribution in [0, 0.1) is 6.92 Å². The summed E-state index contributed by atoms with van der Waals surface area (Å²) in [6, 6.07) is 8.30. The molecule has 90 valence electrons. The van der Waals surface area contributed by atoms with Crippen LogP contribution >= 0.6 is 0 Å². The van der Waals surface area contributed by atoms with Gasteiger partial charge in [-0.2, -0.15) is 0 Å². The lowest BCUT2D eigenvalue weighted by Crippen LogP contribution is -2.25. The highest BCUT2D eigenvalue weighted by atomic mass is 32.2. The molecule has 0 spiro atoms. The maximum absolute atomic E-state index is 11.0. The average molecular weight is 241 g/mol. The lowest BCUT2D eigenvalue weighted by Gasteiger charge is -2.16. The first-order valence-electron chi connectivity index (χ1n) is 5.37. The normalized spacial score (nSPS) is 13.7. The molecule has 0 fully saturated rings. The number of benzene rings is 1. The number of sulfone groups is 1. The van der Waals surface area contributed by atoms with E-state index < -0.39 is 9.84 Å². The summed E-state index contributed by atoms with van der Waals surface area (Å²) in [5.74, 6) is 0.184. The van der Waals surface area contributed by atoms with Gasteiger partial charge in [0.2, 0.25) is 0 Å². The van der Waals surface area contributed by atoms with Crippen LogP contribution in [0.3, 0.4) is 0 Å². The first-order valence-corrected chi connectivity index (χ1v) is 7.43. The molecule has 0 bridgehead atoms. The molecule has 1 N–H and O–H groups in total. The highest BCUT2D eigenvalue weighted by Crippen LogP contribution is 2.16. The Morgan fingerprint density at radius 1 is 1.31 bits per heavy atom. The molecule has 1 unspecified atom stereocenters. The standard InChI is InChI=1S/C12H19NO2S/c1-10-6-4-5-7-12(10)11(2)13-8-9-16(3,14)15/h4-7,11,13H,8-9H2,1-3H3. The molecule has 1 aromatic rings. The molecule has 0 saturated heterocycles. The van der Waals surface area contributed by atoms with Crippen molar-refractivity contribution in [3.05, 3.63) is 35.4 Å². The van der Waals surface area contributed by atoms with E-state index in [9.17, 15) is 8.42 Å². The summed E-state index contributed by atoms with van der Waals surface area (Å²) in [5.41, 5.74) is 2.44. The van der Waals surface area contributed by atoms with Gasteiger partial charge in [0.05, 0.1) is 5.75 Å². The third kappa shape index (κ3) is 4.33. The van der Waals surface area contributed by atoms with Crippen LogP contribution in [0.25, 0.3) is 0 Å². The van der Waals surface area contributed by atoms with E-state index in [1.54, 1.807) is 0 Å². The molecule has 0 aliphatic carbocycles. The van der Waals surface area contributed by atoms with E-state index in [-0.39, 0.29) is 11.8 Å². The molecule has 4 heteroatoms. The topological polar surface area (TPSA) is 46.2 Å². The predicted octanol–water partition coefficient (Wildman–Crippen LogP) is 1.69. The zero-order valence-electron chi connectivity index (χ0n) is 10.0. The Labute approximate surface area is 97.8 Å². The largest absolute Gasteiger partial charge is 0.309 e.